The average molecular weight is 347 g/mol. The third kappa shape index (κ3) is 3.09. The zero-order valence-corrected chi connectivity index (χ0v) is 11.7. The molecule has 1 aromatic carbocycles. The number of oxime groups is 1. The highest BCUT2D eigenvalue weighted by Crippen LogP contribution is 2.22. The van der Waals surface area contributed by atoms with E-state index in [1.165, 1.54) is 0 Å². The largest absolute Gasteiger partial charge is 0.409 e. The summed E-state index contributed by atoms with van der Waals surface area (Å²) in [6, 6.07) is 7.38. The zero-order chi connectivity index (χ0) is 13.1. The van der Waals surface area contributed by atoms with Crippen LogP contribution in [0.4, 0.5) is 5.69 Å². The highest BCUT2D eigenvalue weighted by molar-refractivity contribution is 14.1. The van der Waals surface area contributed by atoms with E-state index in [1.54, 1.807) is 19.9 Å². The molecular formula is C11H14IN3O2. The van der Waals surface area contributed by atoms with Gasteiger partial charge in [-0.15, -0.1) is 0 Å². The smallest absolute Gasteiger partial charge is 0.237 e. The summed E-state index contributed by atoms with van der Waals surface area (Å²) in [5, 5.41) is 14.2. The third-order valence-corrected chi connectivity index (χ3v) is 3.38. The van der Waals surface area contributed by atoms with Crippen molar-refractivity contribution in [2.24, 2.45) is 16.3 Å². The topological polar surface area (TPSA) is 87.7 Å². The molecule has 6 heteroatoms. The van der Waals surface area contributed by atoms with Crippen LogP contribution in [0, 0.1) is 8.99 Å². The number of para-hydroxylation sites is 1. The van der Waals surface area contributed by atoms with Crippen LogP contribution in [0.3, 0.4) is 0 Å². The number of amides is 1. The Bertz CT molecular complexity index is 458. The molecule has 1 aromatic rings. The summed E-state index contributed by atoms with van der Waals surface area (Å²) < 4.78 is 0.925. The molecule has 1 rings (SSSR count). The molecule has 0 spiro atoms. The lowest BCUT2D eigenvalue weighted by Crippen LogP contribution is -2.42. The average Bonchev–Trinajstić information content (AvgIpc) is 2.30. The van der Waals surface area contributed by atoms with E-state index in [1.807, 2.05) is 18.2 Å². The van der Waals surface area contributed by atoms with E-state index in [-0.39, 0.29) is 11.7 Å². The highest BCUT2D eigenvalue weighted by Gasteiger charge is 2.33. The predicted octanol–water partition coefficient (Wildman–Crippen LogP) is 2.00. The fourth-order valence-electron chi connectivity index (χ4n) is 1.08. The maximum Gasteiger partial charge on any atom is 0.237 e. The lowest BCUT2D eigenvalue weighted by molar-refractivity contribution is -0.121. The molecule has 1 amide bonds. The van der Waals surface area contributed by atoms with Crippen LogP contribution in [0.15, 0.2) is 29.4 Å². The molecule has 0 bridgehead atoms. The van der Waals surface area contributed by atoms with Gasteiger partial charge in [0.05, 0.1) is 5.69 Å². The van der Waals surface area contributed by atoms with Gasteiger partial charge in [0.1, 0.15) is 5.41 Å². The van der Waals surface area contributed by atoms with Crippen molar-refractivity contribution in [3.05, 3.63) is 27.8 Å². The summed E-state index contributed by atoms with van der Waals surface area (Å²) in [4.78, 5) is 12.0. The van der Waals surface area contributed by atoms with Gasteiger partial charge in [-0.3, -0.25) is 4.79 Å². The van der Waals surface area contributed by atoms with Gasteiger partial charge in [0.15, 0.2) is 5.84 Å². The Hall–Kier alpha value is -1.31. The van der Waals surface area contributed by atoms with Gasteiger partial charge in [-0.05, 0) is 48.6 Å². The molecule has 0 aliphatic rings. The molecule has 17 heavy (non-hydrogen) atoms. The Morgan fingerprint density at radius 2 is 2.06 bits per heavy atom. The summed E-state index contributed by atoms with van der Waals surface area (Å²) in [5.74, 6) is -0.446. The van der Waals surface area contributed by atoms with Gasteiger partial charge in [0.2, 0.25) is 5.91 Å². The molecule has 0 saturated carbocycles. The van der Waals surface area contributed by atoms with Crippen LogP contribution in [-0.2, 0) is 4.79 Å². The standard InChI is InChI=1S/C11H14IN3O2/c1-11(2,9(13)15-17)10(16)14-8-6-4-3-5-7(8)12/h3-6,17H,1-2H3,(H2,13,15)(H,14,16). The van der Waals surface area contributed by atoms with E-state index < -0.39 is 5.41 Å². The second kappa shape index (κ2) is 5.35. The number of carbonyl (C=O) groups excluding carboxylic acids is 1. The van der Waals surface area contributed by atoms with Crippen LogP contribution in [0.5, 0.6) is 0 Å². The molecule has 0 radical (unpaired) electrons. The first-order valence-corrected chi connectivity index (χ1v) is 6.01. The molecule has 0 fully saturated rings. The minimum atomic E-state index is -1.06. The van der Waals surface area contributed by atoms with Crippen LogP contribution >= 0.6 is 22.6 Å². The van der Waals surface area contributed by atoms with Crippen LogP contribution in [0.25, 0.3) is 0 Å². The van der Waals surface area contributed by atoms with Crippen LogP contribution in [-0.4, -0.2) is 17.0 Å². The second-order valence-corrected chi connectivity index (χ2v) is 5.21. The number of anilines is 1. The number of amidine groups is 1. The Morgan fingerprint density at radius 3 is 2.59 bits per heavy atom. The number of hydrogen-bond acceptors (Lipinski definition) is 3. The van der Waals surface area contributed by atoms with Crippen LogP contribution in [0.2, 0.25) is 0 Å². The minimum absolute atomic E-state index is 0.124. The quantitative estimate of drug-likeness (QED) is 0.257. The van der Waals surface area contributed by atoms with Gasteiger partial charge >= 0.3 is 0 Å². The first-order valence-electron chi connectivity index (χ1n) is 4.93. The zero-order valence-electron chi connectivity index (χ0n) is 9.57. The SMILES string of the molecule is CC(C)(C(=O)Nc1ccccc1I)C(N)=NO. The summed E-state index contributed by atoms with van der Waals surface area (Å²) in [5.41, 5.74) is 5.12. The predicted molar refractivity (Wildman–Crippen MR) is 75.0 cm³/mol. The summed E-state index contributed by atoms with van der Waals surface area (Å²) in [7, 11) is 0. The Morgan fingerprint density at radius 1 is 1.47 bits per heavy atom. The van der Waals surface area contributed by atoms with Crippen molar-refractivity contribution in [2.75, 3.05) is 5.32 Å². The first-order chi connectivity index (χ1) is 7.89. The molecule has 0 unspecified atom stereocenters. The molecule has 0 aliphatic heterocycles. The Labute approximate surface area is 113 Å². The molecule has 5 nitrogen and oxygen atoms in total. The van der Waals surface area contributed by atoms with Crippen LogP contribution < -0.4 is 11.1 Å². The first kappa shape index (κ1) is 13.8. The molecule has 0 aliphatic carbocycles. The maximum atomic E-state index is 12.0. The van der Waals surface area contributed by atoms with Crippen molar-refractivity contribution in [2.45, 2.75) is 13.8 Å². The lowest BCUT2D eigenvalue weighted by Gasteiger charge is -2.22. The van der Waals surface area contributed by atoms with Crippen molar-refractivity contribution in [3.8, 4) is 0 Å². The van der Waals surface area contributed by atoms with Gasteiger partial charge in [0, 0.05) is 3.57 Å². The van der Waals surface area contributed by atoms with Gasteiger partial charge in [0.25, 0.3) is 0 Å². The number of rotatable bonds is 3. The number of nitrogens with two attached hydrogens (primary N) is 1. The van der Waals surface area contributed by atoms with Crippen molar-refractivity contribution < 1.29 is 10.0 Å². The lowest BCUT2D eigenvalue weighted by atomic mass is 9.91. The second-order valence-electron chi connectivity index (χ2n) is 4.04. The fraction of sp³-hybridized carbons (Fsp3) is 0.273. The van der Waals surface area contributed by atoms with E-state index >= 15 is 0 Å². The van der Waals surface area contributed by atoms with Crippen molar-refractivity contribution in [1.82, 2.24) is 0 Å². The molecule has 0 aromatic heterocycles. The fourth-order valence-corrected chi connectivity index (χ4v) is 1.60. The summed E-state index contributed by atoms with van der Waals surface area (Å²) >= 11 is 2.12. The number of benzene rings is 1. The van der Waals surface area contributed by atoms with Crippen molar-refractivity contribution in [3.63, 3.8) is 0 Å². The number of carbonyl (C=O) groups is 1. The number of hydrogen-bond donors (Lipinski definition) is 3. The molecular weight excluding hydrogens is 333 g/mol. The Kier molecular flexibility index (Phi) is 4.33. The monoisotopic (exact) mass is 347 g/mol. The van der Waals surface area contributed by atoms with Gasteiger partial charge in [-0.25, -0.2) is 0 Å². The van der Waals surface area contributed by atoms with Gasteiger partial charge in [-0.2, -0.15) is 0 Å². The molecule has 4 N–H and O–H groups in total. The van der Waals surface area contributed by atoms with Crippen molar-refractivity contribution >= 4 is 40.0 Å². The molecule has 92 valence electrons. The normalized spacial score (nSPS) is 12.3. The minimum Gasteiger partial charge on any atom is -0.409 e. The van der Waals surface area contributed by atoms with E-state index in [9.17, 15) is 4.79 Å². The third-order valence-electron chi connectivity index (χ3n) is 2.44. The summed E-state index contributed by atoms with van der Waals surface area (Å²) in [6.45, 7) is 3.18. The van der Waals surface area contributed by atoms with E-state index in [0.717, 1.165) is 3.57 Å². The molecule has 0 atom stereocenters. The summed E-state index contributed by atoms with van der Waals surface area (Å²) in [6.07, 6.45) is 0. The maximum absolute atomic E-state index is 12.0. The molecule has 0 saturated heterocycles. The van der Waals surface area contributed by atoms with Crippen LogP contribution in [0.1, 0.15) is 13.8 Å². The number of nitrogens with one attached hydrogen (secondary N) is 1. The van der Waals surface area contributed by atoms with Gasteiger partial charge in [-0.1, -0.05) is 17.3 Å². The van der Waals surface area contributed by atoms with Gasteiger partial charge < -0.3 is 16.3 Å². The molecule has 0 heterocycles. The van der Waals surface area contributed by atoms with Crippen molar-refractivity contribution in [1.29, 1.82) is 0 Å². The van der Waals surface area contributed by atoms with E-state index in [2.05, 4.69) is 33.1 Å². The number of nitrogens with zero attached hydrogens (tertiary/aromatic N) is 1. The van der Waals surface area contributed by atoms with E-state index in [4.69, 9.17) is 10.9 Å². The number of halogens is 1. The Balaban J connectivity index is 2.91. The highest BCUT2D eigenvalue weighted by atomic mass is 127. The van der Waals surface area contributed by atoms with E-state index in [0.29, 0.717) is 5.69 Å².